The standard InChI is InChI=1S/C14H15P.ClH/c15-11-14(12-7-3-1-4-8-12)13-9-5-2-6-10-13;/h1-10,14H,11,15H2;1H. The first kappa shape index (κ1) is 13.2. The zero-order valence-electron chi connectivity index (χ0n) is 9.14. The van der Waals surface area contributed by atoms with Crippen LogP contribution in [0.3, 0.4) is 0 Å². The van der Waals surface area contributed by atoms with Gasteiger partial charge in [0.1, 0.15) is 0 Å². The van der Waals surface area contributed by atoms with Crippen molar-refractivity contribution < 1.29 is 12.4 Å². The summed E-state index contributed by atoms with van der Waals surface area (Å²) in [6, 6.07) is 21.5. The van der Waals surface area contributed by atoms with Crippen molar-refractivity contribution in [3.63, 3.8) is 0 Å². The maximum atomic E-state index is 2.21. The van der Waals surface area contributed by atoms with E-state index in [1.165, 1.54) is 17.3 Å². The van der Waals surface area contributed by atoms with E-state index in [0.717, 1.165) is 0 Å². The van der Waals surface area contributed by atoms with Gasteiger partial charge in [-0.15, -0.1) is 0 Å². The minimum absolute atomic E-state index is 0. The molecule has 0 nitrogen and oxygen atoms in total. The molecule has 2 heteroatoms. The second-order valence-electron chi connectivity index (χ2n) is 3.66. The van der Waals surface area contributed by atoms with Gasteiger partial charge in [-0.05, 0) is 20.4 Å². The molecule has 2 rings (SSSR count). The Kier molecular flexibility index (Phi) is 5.52. The van der Waals surface area contributed by atoms with Gasteiger partial charge in [0, 0.05) is 5.92 Å². The molecule has 0 amide bonds. The zero-order valence-corrected chi connectivity index (χ0v) is 11.3. The van der Waals surface area contributed by atoms with Crippen LogP contribution in [0.5, 0.6) is 0 Å². The quantitative estimate of drug-likeness (QED) is 0.694. The molecule has 2 aromatic rings. The van der Waals surface area contributed by atoms with E-state index < -0.39 is 0 Å². The van der Waals surface area contributed by atoms with Crippen LogP contribution in [0.2, 0.25) is 0 Å². The summed E-state index contributed by atoms with van der Waals surface area (Å²) in [6.45, 7) is 0. The van der Waals surface area contributed by atoms with Crippen molar-refractivity contribution in [1.82, 2.24) is 0 Å². The maximum Gasteiger partial charge on any atom is 0.0635 e. The molecular weight excluding hydrogens is 235 g/mol. The van der Waals surface area contributed by atoms with Crippen LogP contribution >= 0.6 is 9.24 Å². The molecular formula is C14H16ClP. The fourth-order valence-electron chi connectivity index (χ4n) is 1.90. The summed E-state index contributed by atoms with van der Waals surface area (Å²) in [4.78, 5) is 0. The fraction of sp³-hybridized carbons (Fsp3) is 0.143. The minimum atomic E-state index is 0. The van der Waals surface area contributed by atoms with Crippen LogP contribution in [0.15, 0.2) is 60.7 Å². The van der Waals surface area contributed by atoms with Gasteiger partial charge in [-0.1, -0.05) is 60.7 Å². The van der Waals surface area contributed by atoms with Crippen LogP contribution in [0.4, 0.5) is 0 Å². The van der Waals surface area contributed by atoms with Gasteiger partial charge in [0.15, 0.2) is 0 Å². The first-order chi connectivity index (χ1) is 7.42. The van der Waals surface area contributed by atoms with E-state index in [2.05, 4.69) is 60.7 Å². The normalized spacial score (nSPS) is 10.1. The second kappa shape index (κ2) is 6.68. The Morgan fingerprint density at radius 2 is 1.12 bits per heavy atom. The Bertz CT molecular complexity index is 360. The molecule has 0 radical (unpaired) electrons. The molecule has 0 bridgehead atoms. The average Bonchev–Trinajstić information content (AvgIpc) is 2.33. The Morgan fingerprint density at radius 1 is 0.750 bits per heavy atom. The van der Waals surface area contributed by atoms with Gasteiger partial charge in [0.05, 0.1) is 6.16 Å². The zero-order chi connectivity index (χ0) is 10.5. The third-order valence-electron chi connectivity index (χ3n) is 2.69. The van der Waals surface area contributed by atoms with E-state index in [0.29, 0.717) is 5.92 Å². The molecule has 0 aliphatic rings. The van der Waals surface area contributed by atoms with Crippen molar-refractivity contribution in [1.29, 1.82) is 0 Å². The first-order valence-corrected chi connectivity index (χ1v) is 6.31. The summed E-state index contributed by atoms with van der Waals surface area (Å²) in [7, 11) is 2.04. The molecule has 0 heterocycles. The molecule has 1 atom stereocenters. The predicted molar refractivity (Wildman–Crippen MR) is 70.7 cm³/mol. The van der Waals surface area contributed by atoms with Crippen LogP contribution in [0.1, 0.15) is 17.0 Å². The molecule has 2 aromatic carbocycles. The minimum Gasteiger partial charge on any atom is -1.00 e. The van der Waals surface area contributed by atoms with E-state index in [1.54, 1.807) is 0 Å². The van der Waals surface area contributed by atoms with E-state index in [4.69, 9.17) is 0 Å². The molecule has 0 saturated heterocycles. The van der Waals surface area contributed by atoms with Gasteiger partial charge in [-0.2, -0.15) is 0 Å². The highest BCUT2D eigenvalue weighted by Crippen LogP contribution is 2.25. The van der Waals surface area contributed by atoms with Crippen molar-refractivity contribution in [3.05, 3.63) is 71.8 Å². The van der Waals surface area contributed by atoms with E-state index in [9.17, 15) is 0 Å². The van der Waals surface area contributed by atoms with Crippen molar-refractivity contribution in [2.24, 2.45) is 0 Å². The lowest BCUT2D eigenvalue weighted by molar-refractivity contribution is -0.00000287. The number of hydrogen-bond donors (Lipinski definition) is 0. The molecule has 0 spiro atoms. The molecule has 0 aliphatic heterocycles. The molecule has 16 heavy (non-hydrogen) atoms. The van der Waals surface area contributed by atoms with Gasteiger partial charge in [-0.3, -0.25) is 0 Å². The smallest absolute Gasteiger partial charge is 0.0635 e. The lowest BCUT2D eigenvalue weighted by Crippen LogP contribution is -3.00. The SMILES string of the molecule is [Cl-].[PH3+]CC(c1ccccc1)c1ccccc1. The summed E-state index contributed by atoms with van der Waals surface area (Å²) in [5.74, 6) is 0.547. The summed E-state index contributed by atoms with van der Waals surface area (Å²) >= 11 is 0. The number of rotatable bonds is 3. The summed E-state index contributed by atoms with van der Waals surface area (Å²) < 4.78 is 0. The van der Waals surface area contributed by atoms with Crippen LogP contribution in [-0.4, -0.2) is 6.16 Å². The van der Waals surface area contributed by atoms with E-state index in [-0.39, 0.29) is 12.4 Å². The topological polar surface area (TPSA) is 0 Å². The largest absolute Gasteiger partial charge is 1.00 e. The van der Waals surface area contributed by atoms with Crippen LogP contribution < -0.4 is 12.4 Å². The van der Waals surface area contributed by atoms with Crippen molar-refractivity contribution in [2.45, 2.75) is 5.92 Å². The highest BCUT2D eigenvalue weighted by molar-refractivity contribution is 7.16. The molecule has 84 valence electrons. The third kappa shape index (κ3) is 3.07. The van der Waals surface area contributed by atoms with Crippen molar-refractivity contribution in [2.75, 3.05) is 6.16 Å². The lowest BCUT2D eigenvalue weighted by atomic mass is 9.93. The van der Waals surface area contributed by atoms with Gasteiger partial charge in [0.2, 0.25) is 0 Å². The van der Waals surface area contributed by atoms with Crippen LogP contribution in [-0.2, 0) is 0 Å². The van der Waals surface area contributed by atoms with Crippen molar-refractivity contribution in [3.8, 4) is 0 Å². The van der Waals surface area contributed by atoms with Gasteiger partial charge in [0.25, 0.3) is 0 Å². The van der Waals surface area contributed by atoms with Crippen molar-refractivity contribution >= 4 is 9.24 Å². The molecule has 0 saturated carbocycles. The van der Waals surface area contributed by atoms with Gasteiger partial charge < -0.3 is 12.4 Å². The van der Waals surface area contributed by atoms with Gasteiger partial charge in [-0.25, -0.2) is 0 Å². The summed E-state index contributed by atoms with van der Waals surface area (Å²) in [5, 5.41) is 0. The number of benzene rings is 2. The van der Waals surface area contributed by atoms with Crippen LogP contribution in [0.25, 0.3) is 0 Å². The predicted octanol–water partition coefficient (Wildman–Crippen LogP) is 0.430. The first-order valence-electron chi connectivity index (χ1n) is 5.31. The molecule has 0 aromatic heterocycles. The Morgan fingerprint density at radius 3 is 1.44 bits per heavy atom. The monoisotopic (exact) mass is 250 g/mol. The molecule has 0 N–H and O–H groups in total. The highest BCUT2D eigenvalue weighted by Gasteiger charge is 2.12. The van der Waals surface area contributed by atoms with E-state index >= 15 is 0 Å². The third-order valence-corrected chi connectivity index (χ3v) is 3.27. The Balaban J connectivity index is 0.00000128. The fourth-order valence-corrected chi connectivity index (χ4v) is 2.56. The average molecular weight is 251 g/mol. The molecule has 0 aliphatic carbocycles. The second-order valence-corrected chi connectivity index (χ2v) is 4.24. The Labute approximate surface area is 106 Å². The van der Waals surface area contributed by atoms with Gasteiger partial charge >= 0.3 is 0 Å². The molecule has 1 unspecified atom stereocenters. The van der Waals surface area contributed by atoms with Crippen LogP contribution in [0, 0.1) is 0 Å². The highest BCUT2D eigenvalue weighted by atomic mass is 35.5. The maximum absolute atomic E-state index is 2.21. The number of halogens is 1. The molecule has 0 fully saturated rings. The summed E-state index contributed by atoms with van der Waals surface area (Å²) in [6.07, 6.45) is 1.17. The van der Waals surface area contributed by atoms with E-state index in [1.807, 2.05) is 9.24 Å². The lowest BCUT2D eigenvalue weighted by Gasteiger charge is -2.13. The summed E-state index contributed by atoms with van der Waals surface area (Å²) in [5.41, 5.74) is 2.83. The Hall–Kier alpha value is -0.840. The number of hydrogen-bond acceptors (Lipinski definition) is 0.